The van der Waals surface area contributed by atoms with Crippen molar-refractivity contribution in [2.75, 3.05) is 33.4 Å². The number of nitrogens with one attached hydrogen (secondary N) is 2. The molecule has 0 unspecified atom stereocenters. The van der Waals surface area contributed by atoms with E-state index < -0.39 is 12.8 Å². The van der Waals surface area contributed by atoms with Crippen LogP contribution in [-0.4, -0.2) is 45.5 Å². The molecule has 2 N–H and O–H groups in total. The second kappa shape index (κ2) is 10.7. The van der Waals surface area contributed by atoms with Crippen molar-refractivity contribution in [2.45, 2.75) is 26.1 Å². The summed E-state index contributed by atoms with van der Waals surface area (Å²) in [4.78, 5) is 4.44. The molecule has 0 saturated heterocycles. The zero-order chi connectivity index (χ0) is 17.8. The van der Waals surface area contributed by atoms with E-state index in [2.05, 4.69) is 20.4 Å². The molecule has 0 radical (unpaired) electrons. The van der Waals surface area contributed by atoms with Gasteiger partial charge in [0.15, 0.2) is 5.96 Å². The monoisotopic (exact) mass is 347 g/mol. The molecule has 0 aliphatic carbocycles. The van der Waals surface area contributed by atoms with Gasteiger partial charge in [-0.2, -0.15) is 13.2 Å². The molecule has 136 valence electrons. The molecule has 5 nitrogen and oxygen atoms in total. The van der Waals surface area contributed by atoms with Gasteiger partial charge in [-0.05, 0) is 19.4 Å². The summed E-state index contributed by atoms with van der Waals surface area (Å²) in [5.74, 6) is 1.36. The minimum absolute atomic E-state index is 0.0401. The zero-order valence-corrected chi connectivity index (χ0v) is 13.9. The first-order valence-corrected chi connectivity index (χ1v) is 7.75. The zero-order valence-electron chi connectivity index (χ0n) is 13.9. The number of alkyl halides is 3. The van der Waals surface area contributed by atoms with Crippen LogP contribution in [0.15, 0.2) is 29.3 Å². The molecule has 0 fully saturated rings. The number of hydrogen-bond donors (Lipinski definition) is 2. The highest BCUT2D eigenvalue weighted by Gasteiger charge is 2.27. The second-order valence-electron chi connectivity index (χ2n) is 4.96. The van der Waals surface area contributed by atoms with Crippen LogP contribution in [0.5, 0.6) is 5.75 Å². The summed E-state index contributed by atoms with van der Waals surface area (Å²) >= 11 is 0. The predicted octanol–water partition coefficient (Wildman–Crippen LogP) is 2.72. The molecule has 0 bridgehead atoms. The molecular formula is C16H24F3N3O2. The van der Waals surface area contributed by atoms with Gasteiger partial charge in [0, 0.05) is 25.3 Å². The average molecular weight is 347 g/mol. The van der Waals surface area contributed by atoms with Crippen LogP contribution in [0.2, 0.25) is 0 Å². The summed E-state index contributed by atoms with van der Waals surface area (Å²) < 4.78 is 45.6. The van der Waals surface area contributed by atoms with E-state index in [4.69, 9.17) is 4.74 Å². The Balaban J connectivity index is 2.40. The van der Waals surface area contributed by atoms with Gasteiger partial charge < -0.3 is 20.1 Å². The highest BCUT2D eigenvalue weighted by atomic mass is 19.4. The predicted molar refractivity (Wildman–Crippen MR) is 87.3 cm³/mol. The number of benzene rings is 1. The smallest absolute Gasteiger partial charge is 0.411 e. The number of aliphatic imine (C=N–C) groups is 1. The van der Waals surface area contributed by atoms with E-state index in [-0.39, 0.29) is 6.61 Å². The van der Waals surface area contributed by atoms with Crippen LogP contribution in [-0.2, 0) is 11.3 Å². The van der Waals surface area contributed by atoms with E-state index >= 15 is 0 Å². The van der Waals surface area contributed by atoms with Gasteiger partial charge in [0.2, 0.25) is 0 Å². The first-order valence-electron chi connectivity index (χ1n) is 7.75. The first kappa shape index (κ1) is 20.1. The number of para-hydroxylation sites is 1. The van der Waals surface area contributed by atoms with Gasteiger partial charge in [0.05, 0.1) is 13.7 Å². The van der Waals surface area contributed by atoms with E-state index in [0.29, 0.717) is 32.0 Å². The summed E-state index contributed by atoms with van der Waals surface area (Å²) in [6.45, 7) is 2.35. The Kier molecular flexibility index (Phi) is 8.99. The van der Waals surface area contributed by atoms with Gasteiger partial charge >= 0.3 is 6.18 Å². The average Bonchev–Trinajstić information content (AvgIpc) is 2.54. The molecule has 0 aliphatic heterocycles. The van der Waals surface area contributed by atoms with Crippen LogP contribution in [0.4, 0.5) is 13.2 Å². The lowest BCUT2D eigenvalue weighted by atomic mass is 10.2. The molecule has 8 heteroatoms. The van der Waals surface area contributed by atoms with Crippen LogP contribution in [0.3, 0.4) is 0 Å². The van der Waals surface area contributed by atoms with E-state index in [1.54, 1.807) is 7.11 Å². The lowest BCUT2D eigenvalue weighted by Gasteiger charge is -2.12. The molecule has 0 spiro atoms. The van der Waals surface area contributed by atoms with Crippen molar-refractivity contribution >= 4 is 5.96 Å². The fourth-order valence-corrected chi connectivity index (χ4v) is 1.91. The van der Waals surface area contributed by atoms with Crippen LogP contribution in [0.25, 0.3) is 0 Å². The SMILES string of the molecule is CCNC(=NCc1ccccc1OC)NCCCOCC(F)(F)F. The quantitative estimate of drug-likeness (QED) is 0.410. The third kappa shape index (κ3) is 8.61. The van der Waals surface area contributed by atoms with E-state index in [1.165, 1.54) is 0 Å². The van der Waals surface area contributed by atoms with Gasteiger partial charge in [-0.25, -0.2) is 4.99 Å². The van der Waals surface area contributed by atoms with Crippen LogP contribution in [0.1, 0.15) is 18.9 Å². The molecule has 0 heterocycles. The van der Waals surface area contributed by atoms with Crippen molar-refractivity contribution < 1.29 is 22.6 Å². The van der Waals surface area contributed by atoms with Crippen LogP contribution >= 0.6 is 0 Å². The van der Waals surface area contributed by atoms with E-state index in [9.17, 15) is 13.2 Å². The molecule has 0 aliphatic rings. The second-order valence-corrected chi connectivity index (χ2v) is 4.96. The van der Waals surface area contributed by atoms with E-state index in [0.717, 1.165) is 11.3 Å². The summed E-state index contributed by atoms with van der Waals surface area (Å²) in [5, 5.41) is 6.15. The third-order valence-corrected chi connectivity index (χ3v) is 2.97. The first-order chi connectivity index (χ1) is 11.5. The Morgan fingerprint density at radius 2 is 1.96 bits per heavy atom. The number of guanidine groups is 1. The fraction of sp³-hybridized carbons (Fsp3) is 0.562. The Morgan fingerprint density at radius 3 is 2.62 bits per heavy atom. The molecule has 1 aromatic carbocycles. The van der Waals surface area contributed by atoms with Crippen molar-refractivity contribution in [3.63, 3.8) is 0 Å². The number of methoxy groups -OCH3 is 1. The van der Waals surface area contributed by atoms with Crippen LogP contribution < -0.4 is 15.4 Å². The van der Waals surface area contributed by atoms with Crippen molar-refractivity contribution in [3.8, 4) is 5.75 Å². The van der Waals surface area contributed by atoms with Gasteiger partial charge in [0.25, 0.3) is 0 Å². The minimum Gasteiger partial charge on any atom is -0.496 e. The molecule has 0 atom stereocenters. The number of ether oxygens (including phenoxy) is 2. The van der Waals surface area contributed by atoms with Crippen molar-refractivity contribution in [1.82, 2.24) is 10.6 Å². The Bertz CT molecular complexity index is 508. The highest BCUT2D eigenvalue weighted by Crippen LogP contribution is 2.17. The normalized spacial score (nSPS) is 12.1. The molecule has 1 rings (SSSR count). The Morgan fingerprint density at radius 1 is 1.21 bits per heavy atom. The van der Waals surface area contributed by atoms with Gasteiger partial charge in [-0.3, -0.25) is 0 Å². The number of rotatable bonds is 9. The molecule has 0 amide bonds. The molecular weight excluding hydrogens is 323 g/mol. The standard InChI is InChI=1S/C16H24F3N3O2/c1-3-20-15(21-9-6-10-24-12-16(17,18)19)22-11-13-7-4-5-8-14(13)23-2/h4-5,7-8H,3,6,9-12H2,1-2H3,(H2,20,21,22). The van der Waals surface area contributed by atoms with Gasteiger partial charge in [-0.15, -0.1) is 0 Å². The topological polar surface area (TPSA) is 54.9 Å². The minimum atomic E-state index is -4.28. The lowest BCUT2D eigenvalue weighted by Crippen LogP contribution is -2.38. The third-order valence-electron chi connectivity index (χ3n) is 2.97. The highest BCUT2D eigenvalue weighted by molar-refractivity contribution is 5.79. The van der Waals surface area contributed by atoms with Gasteiger partial charge in [-0.1, -0.05) is 18.2 Å². The lowest BCUT2D eigenvalue weighted by molar-refractivity contribution is -0.173. The van der Waals surface area contributed by atoms with E-state index in [1.807, 2.05) is 31.2 Å². The van der Waals surface area contributed by atoms with Crippen molar-refractivity contribution in [3.05, 3.63) is 29.8 Å². The summed E-state index contributed by atoms with van der Waals surface area (Å²) in [7, 11) is 1.60. The Hall–Kier alpha value is -1.96. The number of hydrogen-bond acceptors (Lipinski definition) is 3. The van der Waals surface area contributed by atoms with Crippen LogP contribution in [0, 0.1) is 0 Å². The molecule has 0 aromatic heterocycles. The number of halogens is 3. The fourth-order valence-electron chi connectivity index (χ4n) is 1.91. The molecule has 0 saturated carbocycles. The molecule has 24 heavy (non-hydrogen) atoms. The maximum Gasteiger partial charge on any atom is 0.411 e. The maximum atomic E-state index is 11.9. The number of nitrogens with zero attached hydrogens (tertiary/aromatic N) is 1. The van der Waals surface area contributed by atoms with Crippen molar-refractivity contribution in [1.29, 1.82) is 0 Å². The maximum absolute atomic E-state index is 11.9. The van der Waals surface area contributed by atoms with Crippen molar-refractivity contribution in [2.24, 2.45) is 4.99 Å². The molecule has 1 aromatic rings. The summed E-state index contributed by atoms with van der Waals surface area (Å²) in [6.07, 6.45) is -3.83. The summed E-state index contributed by atoms with van der Waals surface area (Å²) in [5.41, 5.74) is 0.950. The summed E-state index contributed by atoms with van der Waals surface area (Å²) in [6, 6.07) is 7.59. The Labute approximate surface area is 140 Å². The largest absolute Gasteiger partial charge is 0.496 e. The van der Waals surface area contributed by atoms with Gasteiger partial charge in [0.1, 0.15) is 12.4 Å².